The Labute approximate surface area is 142 Å². The quantitative estimate of drug-likeness (QED) is 0.703. The van der Waals surface area contributed by atoms with Crippen molar-refractivity contribution < 1.29 is 21.6 Å². The molecule has 0 amide bonds. The van der Waals surface area contributed by atoms with E-state index in [1.807, 2.05) is 0 Å². The van der Waals surface area contributed by atoms with E-state index in [0.717, 1.165) is 11.8 Å². The van der Waals surface area contributed by atoms with Crippen LogP contribution in [0.5, 0.6) is 0 Å². The number of alkyl halides is 3. The van der Waals surface area contributed by atoms with Gasteiger partial charge < -0.3 is 0 Å². The normalized spacial score (nSPS) is 12.3. The first-order chi connectivity index (χ1) is 11.7. The number of hydrogen-bond acceptors (Lipinski definition) is 3. The zero-order valence-electron chi connectivity index (χ0n) is 13.0. The van der Waals surface area contributed by atoms with Crippen LogP contribution in [0.15, 0.2) is 70.6 Å². The molecule has 3 aromatic rings. The minimum atomic E-state index is -4.89. The van der Waals surface area contributed by atoms with Crippen molar-refractivity contribution in [2.45, 2.75) is 22.9 Å². The highest BCUT2D eigenvalue weighted by Crippen LogP contribution is 2.37. The van der Waals surface area contributed by atoms with Gasteiger partial charge in [-0.25, -0.2) is 13.1 Å². The summed E-state index contributed by atoms with van der Waals surface area (Å²) in [6, 6.07) is 13.2. The summed E-state index contributed by atoms with van der Waals surface area (Å²) in [4.78, 5) is -1.08. The van der Waals surface area contributed by atoms with E-state index in [2.05, 4.69) is 5.10 Å². The van der Waals surface area contributed by atoms with Crippen molar-refractivity contribution in [2.24, 2.45) is 0 Å². The summed E-state index contributed by atoms with van der Waals surface area (Å²) < 4.78 is 66.8. The Morgan fingerprint density at radius 1 is 0.960 bits per heavy atom. The van der Waals surface area contributed by atoms with Crippen molar-refractivity contribution in [1.29, 1.82) is 0 Å². The van der Waals surface area contributed by atoms with Gasteiger partial charge in [-0.2, -0.15) is 18.3 Å². The lowest BCUT2D eigenvalue weighted by Gasteiger charge is -2.13. The molecule has 130 valence electrons. The van der Waals surface area contributed by atoms with Crippen LogP contribution in [0.3, 0.4) is 0 Å². The lowest BCUT2D eigenvalue weighted by atomic mass is 10.2. The van der Waals surface area contributed by atoms with Crippen molar-refractivity contribution in [3.05, 3.63) is 72.1 Å². The molecule has 0 aliphatic heterocycles. The third kappa shape index (κ3) is 3.17. The van der Waals surface area contributed by atoms with Gasteiger partial charge in [-0.3, -0.25) is 0 Å². The summed E-state index contributed by atoms with van der Waals surface area (Å²) in [5.41, 5.74) is -0.394. The molecule has 0 aliphatic rings. The second-order valence-electron chi connectivity index (χ2n) is 5.42. The second kappa shape index (κ2) is 6.03. The number of rotatable bonds is 3. The van der Waals surface area contributed by atoms with E-state index in [0.29, 0.717) is 4.68 Å². The number of halogens is 3. The van der Waals surface area contributed by atoms with E-state index in [-0.39, 0.29) is 10.6 Å². The molecule has 0 radical (unpaired) electrons. The fraction of sp³-hybridized carbons (Fsp3) is 0.118. The Bertz CT molecular complexity index is 993. The SMILES string of the molecule is Cc1ccc(S(=O)(=O)c2cnn(-c3ccccc3)c2C(F)(F)F)cc1. The predicted molar refractivity (Wildman–Crippen MR) is 85.2 cm³/mol. The monoisotopic (exact) mass is 366 g/mol. The maximum Gasteiger partial charge on any atom is 0.434 e. The van der Waals surface area contributed by atoms with Gasteiger partial charge in [0.25, 0.3) is 0 Å². The van der Waals surface area contributed by atoms with Crippen LogP contribution in [0.4, 0.5) is 13.2 Å². The fourth-order valence-electron chi connectivity index (χ4n) is 2.40. The topological polar surface area (TPSA) is 52.0 Å². The van der Waals surface area contributed by atoms with Crippen LogP contribution in [-0.2, 0) is 16.0 Å². The molecule has 0 bridgehead atoms. The van der Waals surface area contributed by atoms with Gasteiger partial charge in [0.2, 0.25) is 9.84 Å². The first-order valence-corrected chi connectivity index (χ1v) is 8.72. The van der Waals surface area contributed by atoms with Crippen LogP contribution in [0.1, 0.15) is 11.3 Å². The minimum absolute atomic E-state index is 0.125. The molecule has 0 atom stereocenters. The van der Waals surface area contributed by atoms with Crippen molar-refractivity contribution in [3.63, 3.8) is 0 Å². The number of aryl methyl sites for hydroxylation is 1. The summed E-state index contributed by atoms with van der Waals surface area (Å²) in [5.74, 6) is 0. The zero-order chi connectivity index (χ0) is 18.2. The van der Waals surface area contributed by atoms with Crippen molar-refractivity contribution in [2.75, 3.05) is 0 Å². The number of nitrogens with zero attached hydrogens (tertiary/aromatic N) is 2. The van der Waals surface area contributed by atoms with E-state index >= 15 is 0 Å². The Morgan fingerprint density at radius 2 is 1.56 bits per heavy atom. The molecule has 0 aliphatic carbocycles. The summed E-state index contributed by atoms with van der Waals surface area (Å²) in [6.07, 6.45) is -4.15. The third-order valence-electron chi connectivity index (χ3n) is 3.63. The summed E-state index contributed by atoms with van der Waals surface area (Å²) >= 11 is 0. The Balaban J connectivity index is 2.24. The third-order valence-corrected chi connectivity index (χ3v) is 5.40. The first kappa shape index (κ1) is 17.2. The van der Waals surface area contributed by atoms with Crippen molar-refractivity contribution in [1.82, 2.24) is 9.78 Å². The van der Waals surface area contributed by atoms with Crippen LogP contribution in [0, 0.1) is 6.92 Å². The molecule has 25 heavy (non-hydrogen) atoms. The maximum absolute atomic E-state index is 13.6. The lowest BCUT2D eigenvalue weighted by molar-refractivity contribution is -0.145. The minimum Gasteiger partial charge on any atom is -0.227 e. The molecule has 3 rings (SSSR count). The molecular formula is C17H13F3N2O2S. The molecule has 0 fully saturated rings. The average molecular weight is 366 g/mol. The van der Waals surface area contributed by atoms with Crippen LogP contribution < -0.4 is 0 Å². The highest BCUT2D eigenvalue weighted by molar-refractivity contribution is 7.91. The van der Waals surface area contributed by atoms with Gasteiger partial charge in [0.15, 0.2) is 5.69 Å². The number of sulfone groups is 1. The fourth-order valence-corrected chi connectivity index (χ4v) is 3.79. The van der Waals surface area contributed by atoms with Gasteiger partial charge in [0, 0.05) is 0 Å². The zero-order valence-corrected chi connectivity index (χ0v) is 13.8. The second-order valence-corrected chi connectivity index (χ2v) is 7.34. The first-order valence-electron chi connectivity index (χ1n) is 7.23. The van der Waals surface area contributed by atoms with E-state index in [9.17, 15) is 21.6 Å². The number of hydrogen-bond donors (Lipinski definition) is 0. The van der Waals surface area contributed by atoms with Gasteiger partial charge in [-0.1, -0.05) is 35.9 Å². The lowest BCUT2D eigenvalue weighted by Crippen LogP contribution is -2.17. The Kier molecular flexibility index (Phi) is 4.16. The largest absolute Gasteiger partial charge is 0.434 e. The molecule has 1 aromatic heterocycles. The molecule has 8 heteroatoms. The van der Waals surface area contributed by atoms with Crippen LogP contribution in [-0.4, -0.2) is 18.2 Å². The van der Waals surface area contributed by atoms with Gasteiger partial charge >= 0.3 is 6.18 Å². The molecule has 0 spiro atoms. The summed E-state index contributed by atoms with van der Waals surface area (Å²) in [5, 5.41) is 3.68. The smallest absolute Gasteiger partial charge is 0.227 e. The van der Waals surface area contributed by atoms with Gasteiger partial charge in [0.1, 0.15) is 4.90 Å². The average Bonchev–Trinajstić information content (AvgIpc) is 3.02. The van der Waals surface area contributed by atoms with Gasteiger partial charge in [-0.05, 0) is 31.2 Å². The molecule has 0 saturated heterocycles. The molecule has 4 nitrogen and oxygen atoms in total. The number of para-hydroxylation sites is 1. The highest BCUT2D eigenvalue weighted by Gasteiger charge is 2.42. The molecule has 2 aromatic carbocycles. The van der Waals surface area contributed by atoms with Gasteiger partial charge in [0.05, 0.1) is 16.8 Å². The molecule has 0 N–H and O–H groups in total. The van der Waals surface area contributed by atoms with E-state index in [4.69, 9.17) is 0 Å². The number of aromatic nitrogens is 2. The van der Waals surface area contributed by atoms with Crippen molar-refractivity contribution in [3.8, 4) is 5.69 Å². The molecule has 0 unspecified atom stereocenters. The Morgan fingerprint density at radius 3 is 2.12 bits per heavy atom. The molecular weight excluding hydrogens is 353 g/mol. The van der Waals surface area contributed by atoms with Gasteiger partial charge in [-0.15, -0.1) is 0 Å². The van der Waals surface area contributed by atoms with Crippen LogP contribution in [0.2, 0.25) is 0 Å². The summed E-state index contributed by atoms with van der Waals surface area (Å²) in [6.45, 7) is 1.75. The van der Waals surface area contributed by atoms with E-state index < -0.39 is 26.6 Å². The highest BCUT2D eigenvalue weighted by atomic mass is 32.2. The van der Waals surface area contributed by atoms with E-state index in [1.54, 1.807) is 25.1 Å². The van der Waals surface area contributed by atoms with Crippen molar-refractivity contribution >= 4 is 9.84 Å². The molecule has 0 saturated carbocycles. The van der Waals surface area contributed by atoms with E-state index in [1.165, 1.54) is 36.4 Å². The predicted octanol–water partition coefficient (Wildman–Crippen LogP) is 4.03. The van der Waals surface area contributed by atoms with Crippen LogP contribution >= 0.6 is 0 Å². The Hall–Kier alpha value is -2.61. The number of benzene rings is 2. The maximum atomic E-state index is 13.6. The van der Waals surface area contributed by atoms with Crippen LogP contribution in [0.25, 0.3) is 5.69 Å². The summed E-state index contributed by atoms with van der Waals surface area (Å²) in [7, 11) is -4.36. The standard InChI is InChI=1S/C17H13F3N2O2S/c1-12-7-9-14(10-8-12)25(23,24)15-11-21-22(16(15)17(18,19)20)13-5-3-2-4-6-13/h2-11H,1H3. The molecule has 1 heterocycles.